The summed E-state index contributed by atoms with van der Waals surface area (Å²) < 4.78 is 5.09. The lowest BCUT2D eigenvalue weighted by Gasteiger charge is -2.21. The summed E-state index contributed by atoms with van der Waals surface area (Å²) in [6.45, 7) is 6.28. The number of ketones is 1. The van der Waals surface area contributed by atoms with E-state index < -0.39 is 22.7 Å². The number of hydrogen-bond donors (Lipinski definition) is 0. The standard InChI is InChI=1S/C15H19NO5/c1-9(2)21-15(18)14(11(4)17)10(3)12-7-5-6-8-13(12)16(19)20/h5-10,14H,1-4H3. The highest BCUT2D eigenvalue weighted by Crippen LogP contribution is 2.32. The number of nitrogens with zero attached hydrogens (tertiary/aromatic N) is 1. The van der Waals surface area contributed by atoms with Gasteiger partial charge in [0.05, 0.1) is 11.0 Å². The summed E-state index contributed by atoms with van der Waals surface area (Å²) in [6.07, 6.45) is -0.350. The molecule has 0 radical (unpaired) electrons. The molecule has 2 unspecified atom stereocenters. The molecule has 0 saturated heterocycles. The second-order valence-electron chi connectivity index (χ2n) is 5.18. The Bertz CT molecular complexity index is 553. The van der Waals surface area contributed by atoms with Crippen LogP contribution in [0.15, 0.2) is 24.3 Å². The number of nitro groups is 1. The molecule has 114 valence electrons. The van der Waals surface area contributed by atoms with Crippen LogP contribution in [0.4, 0.5) is 5.69 Å². The zero-order valence-electron chi connectivity index (χ0n) is 12.5. The van der Waals surface area contributed by atoms with Gasteiger partial charge in [0.15, 0.2) is 0 Å². The molecule has 0 aliphatic rings. The molecule has 0 spiro atoms. The van der Waals surface area contributed by atoms with E-state index in [1.807, 2.05) is 0 Å². The van der Waals surface area contributed by atoms with Crippen molar-refractivity contribution in [1.82, 2.24) is 0 Å². The minimum absolute atomic E-state index is 0.103. The number of rotatable bonds is 6. The van der Waals surface area contributed by atoms with Gasteiger partial charge in [0.1, 0.15) is 11.7 Å². The van der Waals surface area contributed by atoms with Crippen LogP contribution < -0.4 is 0 Å². The zero-order chi connectivity index (χ0) is 16.2. The first-order valence-corrected chi connectivity index (χ1v) is 6.70. The molecule has 1 aromatic carbocycles. The van der Waals surface area contributed by atoms with Crippen molar-refractivity contribution in [3.05, 3.63) is 39.9 Å². The van der Waals surface area contributed by atoms with Crippen molar-refractivity contribution in [2.45, 2.75) is 39.7 Å². The van der Waals surface area contributed by atoms with Crippen LogP contribution in [0.2, 0.25) is 0 Å². The summed E-state index contributed by atoms with van der Waals surface area (Å²) >= 11 is 0. The van der Waals surface area contributed by atoms with Crippen LogP contribution in [0, 0.1) is 16.0 Å². The lowest BCUT2D eigenvalue weighted by Crippen LogP contribution is -2.31. The Morgan fingerprint density at radius 1 is 1.19 bits per heavy atom. The van der Waals surface area contributed by atoms with Gasteiger partial charge in [-0.1, -0.05) is 25.1 Å². The number of ether oxygens (including phenoxy) is 1. The highest BCUT2D eigenvalue weighted by atomic mass is 16.6. The molecular weight excluding hydrogens is 274 g/mol. The van der Waals surface area contributed by atoms with Crippen LogP contribution in [0.25, 0.3) is 0 Å². The summed E-state index contributed by atoms with van der Waals surface area (Å²) in [6, 6.07) is 6.10. The molecule has 21 heavy (non-hydrogen) atoms. The fourth-order valence-corrected chi connectivity index (χ4v) is 2.25. The molecule has 0 saturated carbocycles. The normalized spacial score (nSPS) is 13.6. The number of para-hydroxylation sites is 1. The van der Waals surface area contributed by atoms with Crippen molar-refractivity contribution in [2.24, 2.45) is 5.92 Å². The third kappa shape index (κ3) is 4.11. The molecule has 0 aliphatic carbocycles. The van der Waals surface area contributed by atoms with Gasteiger partial charge in [-0.2, -0.15) is 0 Å². The van der Waals surface area contributed by atoms with Crippen LogP contribution in [-0.4, -0.2) is 22.8 Å². The number of esters is 1. The van der Waals surface area contributed by atoms with Gasteiger partial charge < -0.3 is 4.74 Å². The van der Waals surface area contributed by atoms with Crippen molar-refractivity contribution in [1.29, 1.82) is 0 Å². The van der Waals surface area contributed by atoms with Gasteiger partial charge in [0, 0.05) is 17.5 Å². The number of carbonyl (C=O) groups excluding carboxylic acids is 2. The minimum Gasteiger partial charge on any atom is -0.462 e. The van der Waals surface area contributed by atoms with Gasteiger partial charge in [-0.3, -0.25) is 19.7 Å². The van der Waals surface area contributed by atoms with Crippen molar-refractivity contribution in [3.63, 3.8) is 0 Å². The number of nitro benzene ring substituents is 1. The molecule has 2 atom stereocenters. The molecule has 0 aliphatic heterocycles. The van der Waals surface area contributed by atoms with E-state index in [9.17, 15) is 19.7 Å². The van der Waals surface area contributed by atoms with Gasteiger partial charge in [-0.05, 0) is 20.8 Å². The molecular formula is C15H19NO5. The maximum Gasteiger partial charge on any atom is 0.317 e. The summed E-state index contributed by atoms with van der Waals surface area (Å²) in [5.74, 6) is -2.70. The zero-order valence-corrected chi connectivity index (χ0v) is 12.5. The minimum atomic E-state index is -1.05. The Balaban J connectivity index is 3.18. The highest BCUT2D eigenvalue weighted by molar-refractivity contribution is 5.99. The van der Waals surface area contributed by atoms with E-state index in [-0.39, 0.29) is 17.6 Å². The van der Waals surface area contributed by atoms with Crippen molar-refractivity contribution in [2.75, 3.05) is 0 Å². The van der Waals surface area contributed by atoms with Crippen LogP contribution in [-0.2, 0) is 14.3 Å². The van der Waals surface area contributed by atoms with Crippen LogP contribution in [0.5, 0.6) is 0 Å². The smallest absolute Gasteiger partial charge is 0.317 e. The lowest BCUT2D eigenvalue weighted by molar-refractivity contribution is -0.385. The van der Waals surface area contributed by atoms with E-state index >= 15 is 0 Å². The van der Waals surface area contributed by atoms with Gasteiger partial charge in [-0.25, -0.2) is 0 Å². The molecule has 0 N–H and O–H groups in total. The Morgan fingerprint density at radius 2 is 1.76 bits per heavy atom. The third-order valence-electron chi connectivity index (χ3n) is 3.17. The average Bonchev–Trinajstić information content (AvgIpc) is 2.37. The van der Waals surface area contributed by atoms with E-state index in [1.54, 1.807) is 39.0 Å². The fraction of sp³-hybridized carbons (Fsp3) is 0.467. The Labute approximate surface area is 123 Å². The molecule has 1 aromatic rings. The molecule has 0 fully saturated rings. The summed E-state index contributed by atoms with van der Waals surface area (Å²) in [7, 11) is 0. The van der Waals surface area contributed by atoms with E-state index in [0.717, 1.165) is 0 Å². The molecule has 0 aromatic heterocycles. The average molecular weight is 293 g/mol. The van der Waals surface area contributed by atoms with E-state index in [2.05, 4.69) is 0 Å². The topological polar surface area (TPSA) is 86.5 Å². The first-order valence-electron chi connectivity index (χ1n) is 6.70. The Morgan fingerprint density at radius 3 is 2.24 bits per heavy atom. The van der Waals surface area contributed by atoms with Gasteiger partial charge in [0.2, 0.25) is 0 Å². The molecule has 0 amide bonds. The Hall–Kier alpha value is -2.24. The summed E-state index contributed by atoms with van der Waals surface area (Å²) in [5, 5.41) is 11.1. The Kier molecular flexibility index (Phi) is 5.58. The third-order valence-corrected chi connectivity index (χ3v) is 3.17. The summed E-state index contributed by atoms with van der Waals surface area (Å²) in [5.41, 5.74) is 0.247. The quantitative estimate of drug-likeness (QED) is 0.348. The molecule has 1 rings (SSSR count). The van der Waals surface area contributed by atoms with E-state index in [1.165, 1.54) is 13.0 Å². The van der Waals surface area contributed by atoms with Crippen LogP contribution in [0.1, 0.15) is 39.2 Å². The van der Waals surface area contributed by atoms with Crippen molar-refractivity contribution in [3.8, 4) is 0 Å². The van der Waals surface area contributed by atoms with E-state index in [4.69, 9.17) is 4.74 Å². The maximum atomic E-state index is 12.1. The molecule has 6 heteroatoms. The second-order valence-corrected chi connectivity index (χ2v) is 5.18. The van der Waals surface area contributed by atoms with Gasteiger partial charge >= 0.3 is 5.97 Å². The van der Waals surface area contributed by atoms with Gasteiger partial charge in [0.25, 0.3) is 5.69 Å². The fourth-order valence-electron chi connectivity index (χ4n) is 2.25. The lowest BCUT2D eigenvalue weighted by atomic mass is 9.84. The van der Waals surface area contributed by atoms with Crippen LogP contribution >= 0.6 is 0 Å². The molecule has 0 bridgehead atoms. The maximum absolute atomic E-state index is 12.1. The van der Waals surface area contributed by atoms with Crippen molar-refractivity contribution < 1.29 is 19.2 Å². The number of carbonyl (C=O) groups is 2. The van der Waals surface area contributed by atoms with Crippen LogP contribution in [0.3, 0.4) is 0 Å². The predicted octanol–water partition coefficient (Wildman–Crippen LogP) is 2.86. The SMILES string of the molecule is CC(=O)C(C(=O)OC(C)C)C(C)c1ccccc1[N+](=O)[O-]. The number of hydrogen-bond acceptors (Lipinski definition) is 5. The van der Waals surface area contributed by atoms with Crippen molar-refractivity contribution >= 4 is 17.4 Å². The van der Waals surface area contributed by atoms with Gasteiger partial charge in [-0.15, -0.1) is 0 Å². The monoisotopic (exact) mass is 293 g/mol. The molecule has 6 nitrogen and oxygen atoms in total. The number of Topliss-reactive ketones (excluding diaryl/α,β-unsaturated/α-hetero) is 1. The predicted molar refractivity (Wildman–Crippen MR) is 76.9 cm³/mol. The first kappa shape index (κ1) is 16.8. The molecule has 0 heterocycles. The second kappa shape index (κ2) is 6.97. The summed E-state index contributed by atoms with van der Waals surface area (Å²) in [4.78, 5) is 34.4. The van der Waals surface area contributed by atoms with E-state index in [0.29, 0.717) is 5.56 Å². The number of benzene rings is 1. The largest absolute Gasteiger partial charge is 0.462 e. The highest BCUT2D eigenvalue weighted by Gasteiger charge is 2.35. The first-order chi connectivity index (χ1) is 9.75.